The van der Waals surface area contributed by atoms with Gasteiger partial charge in [-0.1, -0.05) is 6.07 Å². The van der Waals surface area contributed by atoms with Gasteiger partial charge in [0.15, 0.2) is 0 Å². The van der Waals surface area contributed by atoms with Crippen molar-refractivity contribution < 1.29 is 45.4 Å². The monoisotopic (exact) mass is 577 g/mol. The van der Waals surface area contributed by atoms with Crippen LogP contribution >= 0.6 is 0 Å². The highest BCUT2D eigenvalue weighted by atomic mass is 19.4. The van der Waals surface area contributed by atoms with Crippen molar-refractivity contribution in [3.8, 4) is 0 Å². The van der Waals surface area contributed by atoms with Gasteiger partial charge in [0.1, 0.15) is 11.4 Å². The number of aliphatic hydroxyl groups is 1. The SMILES string of the molecule is Cc1cc(F)ccc1[C@H]1C[C@@H](NC(=O)C(C)(C)O)CCN1C(=O)NCCc1cc(C(F)(F)F)cc(C(F)(F)F)c1. The smallest absolute Gasteiger partial charge is 0.381 e. The number of likely N-dealkylation sites (tertiary alicyclic amines) is 1. The summed E-state index contributed by atoms with van der Waals surface area (Å²) >= 11 is 0. The van der Waals surface area contributed by atoms with Crippen molar-refractivity contribution in [3.63, 3.8) is 0 Å². The first-order chi connectivity index (χ1) is 18.4. The molecule has 40 heavy (non-hydrogen) atoms. The lowest BCUT2D eigenvalue weighted by atomic mass is 9.89. The number of urea groups is 1. The predicted molar refractivity (Wildman–Crippen MR) is 132 cm³/mol. The van der Waals surface area contributed by atoms with Crippen molar-refractivity contribution in [2.75, 3.05) is 13.1 Å². The molecule has 1 aliphatic rings. The number of alkyl halides is 6. The fourth-order valence-corrected chi connectivity index (χ4v) is 4.59. The number of hydrogen-bond donors (Lipinski definition) is 3. The highest BCUT2D eigenvalue weighted by molar-refractivity contribution is 5.84. The molecule has 3 amide bonds. The number of carbonyl (C=O) groups is 2. The number of piperidine rings is 1. The molecule has 2 aromatic carbocycles. The Balaban J connectivity index is 1.77. The third-order valence-corrected chi connectivity index (χ3v) is 6.68. The molecular weight excluding hydrogens is 547 g/mol. The third kappa shape index (κ3) is 7.86. The summed E-state index contributed by atoms with van der Waals surface area (Å²) in [6.45, 7) is 4.19. The Bertz CT molecular complexity index is 1210. The number of amides is 3. The van der Waals surface area contributed by atoms with Gasteiger partial charge in [-0.15, -0.1) is 0 Å². The first-order valence-corrected chi connectivity index (χ1v) is 12.5. The van der Waals surface area contributed by atoms with Crippen LogP contribution in [0.2, 0.25) is 0 Å². The van der Waals surface area contributed by atoms with Gasteiger partial charge in [-0.05, 0) is 87.1 Å². The minimum Gasteiger partial charge on any atom is -0.381 e. The molecule has 2 aromatic rings. The maximum atomic E-state index is 13.8. The molecule has 0 bridgehead atoms. The van der Waals surface area contributed by atoms with E-state index in [1.54, 1.807) is 6.92 Å². The summed E-state index contributed by atoms with van der Waals surface area (Å²) in [7, 11) is 0. The molecule has 1 heterocycles. The van der Waals surface area contributed by atoms with Crippen LogP contribution in [0.3, 0.4) is 0 Å². The number of nitrogens with zero attached hydrogens (tertiary/aromatic N) is 1. The molecule has 13 heteroatoms. The standard InChI is InChI=1S/C27H30F7N3O3/c1-15-10-19(28)4-5-21(15)22-14-20(36-23(38)25(2,3)40)7-9-37(22)24(39)35-8-6-16-11-17(26(29,30)31)13-18(12-16)27(32,33)34/h4-5,10-13,20,22,40H,6-9,14H2,1-3H3,(H,35,39)(H,36,38)/t20-,22+/m0/s1. The first-order valence-electron chi connectivity index (χ1n) is 12.5. The lowest BCUT2D eigenvalue weighted by molar-refractivity contribution is -0.143. The second-order valence-corrected chi connectivity index (χ2v) is 10.4. The van der Waals surface area contributed by atoms with Crippen LogP contribution in [0.15, 0.2) is 36.4 Å². The Morgan fingerprint density at radius 3 is 2.12 bits per heavy atom. The second-order valence-electron chi connectivity index (χ2n) is 10.4. The summed E-state index contributed by atoms with van der Waals surface area (Å²) in [6, 6.07) is 3.61. The van der Waals surface area contributed by atoms with Crippen molar-refractivity contribution in [2.24, 2.45) is 0 Å². The zero-order chi connectivity index (χ0) is 30.0. The third-order valence-electron chi connectivity index (χ3n) is 6.68. The summed E-state index contributed by atoms with van der Waals surface area (Å²) < 4.78 is 92.7. The fraction of sp³-hybridized carbons (Fsp3) is 0.481. The molecule has 0 radical (unpaired) electrons. The molecule has 0 aliphatic carbocycles. The molecule has 2 atom stereocenters. The van der Waals surface area contributed by atoms with Crippen molar-refractivity contribution >= 4 is 11.9 Å². The van der Waals surface area contributed by atoms with Crippen LogP contribution in [0.4, 0.5) is 35.5 Å². The Morgan fingerprint density at radius 2 is 1.60 bits per heavy atom. The largest absolute Gasteiger partial charge is 0.416 e. The first kappa shape index (κ1) is 31.2. The molecule has 3 N–H and O–H groups in total. The lowest BCUT2D eigenvalue weighted by Crippen LogP contribution is -2.53. The van der Waals surface area contributed by atoms with Crippen LogP contribution in [0.1, 0.15) is 60.5 Å². The molecular formula is C27H30F7N3O3. The van der Waals surface area contributed by atoms with Gasteiger partial charge in [-0.3, -0.25) is 4.79 Å². The summed E-state index contributed by atoms with van der Waals surface area (Å²) in [5, 5.41) is 15.3. The Hall–Kier alpha value is -3.35. The molecule has 220 valence electrons. The average Bonchev–Trinajstić information content (AvgIpc) is 2.82. The van der Waals surface area contributed by atoms with Gasteiger partial charge in [-0.2, -0.15) is 26.3 Å². The van der Waals surface area contributed by atoms with Gasteiger partial charge in [0.05, 0.1) is 17.2 Å². The Kier molecular flexibility index (Phi) is 9.07. The van der Waals surface area contributed by atoms with Crippen LogP contribution in [-0.2, 0) is 23.6 Å². The molecule has 1 saturated heterocycles. The molecule has 0 unspecified atom stereocenters. The van der Waals surface area contributed by atoms with Crippen molar-refractivity contribution in [1.82, 2.24) is 15.5 Å². The number of nitrogens with one attached hydrogen (secondary N) is 2. The highest BCUT2D eigenvalue weighted by Crippen LogP contribution is 2.37. The van der Waals surface area contributed by atoms with Crippen LogP contribution in [0, 0.1) is 12.7 Å². The van der Waals surface area contributed by atoms with Gasteiger partial charge in [0, 0.05) is 19.1 Å². The normalized spacial score (nSPS) is 18.4. The number of aryl methyl sites for hydroxylation is 1. The van der Waals surface area contributed by atoms with Gasteiger partial charge in [0.25, 0.3) is 5.91 Å². The lowest BCUT2D eigenvalue weighted by Gasteiger charge is -2.41. The number of carbonyl (C=O) groups excluding carboxylic acids is 2. The Morgan fingerprint density at radius 1 is 1.00 bits per heavy atom. The number of benzene rings is 2. The van der Waals surface area contributed by atoms with E-state index in [2.05, 4.69) is 10.6 Å². The van der Waals surface area contributed by atoms with Gasteiger partial charge in [-0.25, -0.2) is 9.18 Å². The molecule has 0 aromatic heterocycles. The van der Waals surface area contributed by atoms with E-state index in [1.165, 1.54) is 36.9 Å². The van der Waals surface area contributed by atoms with E-state index in [4.69, 9.17) is 0 Å². The van der Waals surface area contributed by atoms with Gasteiger partial charge < -0.3 is 20.6 Å². The summed E-state index contributed by atoms with van der Waals surface area (Å²) in [5.41, 5.74) is -3.62. The van der Waals surface area contributed by atoms with Crippen molar-refractivity contribution in [1.29, 1.82) is 0 Å². The summed E-state index contributed by atoms with van der Waals surface area (Å²) in [6.07, 6.45) is -9.72. The van der Waals surface area contributed by atoms with Crippen LogP contribution in [0.25, 0.3) is 0 Å². The molecule has 0 spiro atoms. The van der Waals surface area contributed by atoms with Crippen LogP contribution in [-0.4, -0.2) is 46.7 Å². The van der Waals surface area contributed by atoms with Crippen LogP contribution in [0.5, 0.6) is 0 Å². The zero-order valence-corrected chi connectivity index (χ0v) is 22.0. The zero-order valence-electron chi connectivity index (χ0n) is 22.0. The summed E-state index contributed by atoms with van der Waals surface area (Å²) in [5.74, 6) is -1.09. The number of hydrogen-bond acceptors (Lipinski definition) is 3. The topological polar surface area (TPSA) is 81.7 Å². The summed E-state index contributed by atoms with van der Waals surface area (Å²) in [4.78, 5) is 26.9. The van der Waals surface area contributed by atoms with E-state index in [0.717, 1.165) is 0 Å². The Labute approximate surface area is 226 Å². The van der Waals surface area contributed by atoms with E-state index in [1.807, 2.05) is 0 Å². The maximum Gasteiger partial charge on any atom is 0.416 e. The second kappa shape index (κ2) is 11.6. The fourth-order valence-electron chi connectivity index (χ4n) is 4.59. The minimum atomic E-state index is -4.98. The molecule has 3 rings (SSSR count). The quantitative estimate of drug-likeness (QED) is 0.396. The highest BCUT2D eigenvalue weighted by Gasteiger charge is 2.38. The minimum absolute atomic E-state index is 0.0402. The molecule has 0 saturated carbocycles. The van der Waals surface area contributed by atoms with E-state index in [9.17, 15) is 45.4 Å². The van der Waals surface area contributed by atoms with E-state index in [-0.39, 0.29) is 37.6 Å². The number of halogens is 7. The average molecular weight is 578 g/mol. The van der Waals surface area contributed by atoms with Crippen LogP contribution < -0.4 is 10.6 Å². The predicted octanol–water partition coefficient (Wildman–Crippen LogP) is 5.52. The maximum absolute atomic E-state index is 13.8. The number of rotatable bonds is 6. The van der Waals surface area contributed by atoms with Crippen molar-refractivity contribution in [2.45, 2.75) is 70.1 Å². The van der Waals surface area contributed by atoms with Crippen molar-refractivity contribution in [3.05, 3.63) is 70.0 Å². The van der Waals surface area contributed by atoms with Gasteiger partial charge >= 0.3 is 18.4 Å². The molecule has 6 nitrogen and oxygen atoms in total. The van der Waals surface area contributed by atoms with E-state index >= 15 is 0 Å². The molecule has 1 fully saturated rings. The van der Waals surface area contributed by atoms with Gasteiger partial charge in [0.2, 0.25) is 0 Å². The van der Waals surface area contributed by atoms with E-state index in [0.29, 0.717) is 29.7 Å². The molecule has 1 aliphatic heterocycles. The van der Waals surface area contributed by atoms with E-state index < -0.39 is 58.9 Å².